The first-order valence-corrected chi connectivity index (χ1v) is 5.59. The van der Waals surface area contributed by atoms with Crippen molar-refractivity contribution in [1.29, 1.82) is 0 Å². The van der Waals surface area contributed by atoms with Gasteiger partial charge in [-0.1, -0.05) is 6.07 Å². The third kappa shape index (κ3) is 4.19. The summed E-state index contributed by atoms with van der Waals surface area (Å²) in [4.78, 5) is 3.52. The number of thiophene rings is 1. The molecule has 1 aromatic rings. The molecule has 80 valence electrons. The standard InChI is InChI=1S/C10H17NO2S/c1-13-7-5-11(4-6-12)9-10-3-2-8-14-10/h2-3,8,12H,4-7,9H2,1H3. The quantitative estimate of drug-likeness (QED) is 0.741. The molecule has 0 bridgehead atoms. The maximum atomic E-state index is 8.89. The minimum Gasteiger partial charge on any atom is -0.395 e. The molecular weight excluding hydrogens is 198 g/mol. The van der Waals surface area contributed by atoms with E-state index in [1.807, 2.05) is 6.07 Å². The fourth-order valence-corrected chi connectivity index (χ4v) is 2.00. The minimum atomic E-state index is 0.203. The molecule has 0 saturated heterocycles. The number of methoxy groups -OCH3 is 1. The van der Waals surface area contributed by atoms with Gasteiger partial charge in [-0.05, 0) is 11.4 Å². The predicted molar refractivity (Wildman–Crippen MR) is 58.6 cm³/mol. The van der Waals surface area contributed by atoms with Crippen LogP contribution in [0.4, 0.5) is 0 Å². The van der Waals surface area contributed by atoms with Gasteiger partial charge < -0.3 is 9.84 Å². The van der Waals surface area contributed by atoms with Gasteiger partial charge in [0.25, 0.3) is 0 Å². The Kier molecular flexibility index (Phi) is 5.78. The highest BCUT2D eigenvalue weighted by molar-refractivity contribution is 7.09. The van der Waals surface area contributed by atoms with E-state index in [2.05, 4.69) is 16.3 Å². The molecule has 0 fully saturated rings. The number of rotatable bonds is 7. The van der Waals surface area contributed by atoms with Gasteiger partial charge in [0.2, 0.25) is 0 Å². The molecule has 0 aromatic carbocycles. The summed E-state index contributed by atoms with van der Waals surface area (Å²) >= 11 is 1.75. The molecule has 0 radical (unpaired) electrons. The first kappa shape index (κ1) is 11.7. The van der Waals surface area contributed by atoms with Crippen LogP contribution >= 0.6 is 11.3 Å². The zero-order chi connectivity index (χ0) is 10.2. The summed E-state index contributed by atoms with van der Waals surface area (Å²) in [7, 11) is 1.70. The SMILES string of the molecule is COCCN(CCO)Cc1cccs1. The zero-order valence-corrected chi connectivity index (χ0v) is 9.30. The van der Waals surface area contributed by atoms with Gasteiger partial charge >= 0.3 is 0 Å². The fraction of sp³-hybridized carbons (Fsp3) is 0.600. The summed E-state index contributed by atoms with van der Waals surface area (Å²) in [5.41, 5.74) is 0. The van der Waals surface area contributed by atoms with Crippen LogP contribution in [-0.4, -0.2) is 43.4 Å². The van der Waals surface area contributed by atoms with Gasteiger partial charge in [0.05, 0.1) is 13.2 Å². The molecule has 0 aliphatic heterocycles. The summed E-state index contributed by atoms with van der Waals surface area (Å²) < 4.78 is 5.02. The molecule has 0 spiro atoms. The van der Waals surface area contributed by atoms with Crippen molar-refractivity contribution in [2.45, 2.75) is 6.54 Å². The number of nitrogens with zero attached hydrogens (tertiary/aromatic N) is 1. The van der Waals surface area contributed by atoms with Crippen molar-refractivity contribution in [2.24, 2.45) is 0 Å². The summed E-state index contributed by atoms with van der Waals surface area (Å²) in [5.74, 6) is 0. The number of aliphatic hydroxyl groups excluding tert-OH is 1. The molecule has 1 aromatic heterocycles. The zero-order valence-electron chi connectivity index (χ0n) is 8.48. The molecule has 1 rings (SSSR count). The highest BCUT2D eigenvalue weighted by Gasteiger charge is 2.05. The highest BCUT2D eigenvalue weighted by atomic mass is 32.1. The highest BCUT2D eigenvalue weighted by Crippen LogP contribution is 2.11. The molecule has 3 nitrogen and oxygen atoms in total. The van der Waals surface area contributed by atoms with Crippen LogP contribution in [0.1, 0.15) is 4.88 Å². The number of aliphatic hydroxyl groups is 1. The molecule has 0 unspecified atom stereocenters. The van der Waals surface area contributed by atoms with Crippen LogP contribution in [0.5, 0.6) is 0 Å². The van der Waals surface area contributed by atoms with E-state index in [9.17, 15) is 0 Å². The second-order valence-electron chi connectivity index (χ2n) is 3.07. The van der Waals surface area contributed by atoms with E-state index in [-0.39, 0.29) is 6.61 Å². The van der Waals surface area contributed by atoms with Gasteiger partial charge in [-0.2, -0.15) is 0 Å². The van der Waals surface area contributed by atoms with E-state index in [0.29, 0.717) is 13.2 Å². The fourth-order valence-electron chi connectivity index (χ4n) is 1.25. The Bertz CT molecular complexity index is 226. The topological polar surface area (TPSA) is 32.7 Å². The van der Waals surface area contributed by atoms with Crippen molar-refractivity contribution >= 4 is 11.3 Å². The van der Waals surface area contributed by atoms with Crippen molar-refractivity contribution in [3.05, 3.63) is 22.4 Å². The van der Waals surface area contributed by atoms with E-state index in [0.717, 1.165) is 13.1 Å². The monoisotopic (exact) mass is 215 g/mol. The largest absolute Gasteiger partial charge is 0.395 e. The average Bonchev–Trinajstić information content (AvgIpc) is 2.67. The maximum absolute atomic E-state index is 8.89. The molecule has 0 aliphatic carbocycles. The Morgan fingerprint density at radius 3 is 2.93 bits per heavy atom. The Balaban J connectivity index is 2.34. The van der Waals surface area contributed by atoms with E-state index in [1.54, 1.807) is 18.4 Å². The Hall–Kier alpha value is -0.420. The van der Waals surface area contributed by atoms with Crippen molar-refractivity contribution in [3.8, 4) is 0 Å². The van der Waals surface area contributed by atoms with E-state index >= 15 is 0 Å². The van der Waals surface area contributed by atoms with Gasteiger partial charge in [-0.25, -0.2) is 0 Å². The van der Waals surface area contributed by atoms with Gasteiger partial charge in [-0.3, -0.25) is 4.90 Å². The van der Waals surface area contributed by atoms with E-state index in [1.165, 1.54) is 4.88 Å². The normalized spacial score (nSPS) is 11.1. The molecule has 4 heteroatoms. The first-order valence-electron chi connectivity index (χ1n) is 4.71. The lowest BCUT2D eigenvalue weighted by Gasteiger charge is -2.19. The van der Waals surface area contributed by atoms with Crippen LogP contribution in [0.3, 0.4) is 0 Å². The smallest absolute Gasteiger partial charge is 0.0589 e. The van der Waals surface area contributed by atoms with E-state index in [4.69, 9.17) is 9.84 Å². The third-order valence-electron chi connectivity index (χ3n) is 1.99. The minimum absolute atomic E-state index is 0.203. The molecule has 0 amide bonds. The van der Waals surface area contributed by atoms with Crippen LogP contribution in [0.25, 0.3) is 0 Å². The number of hydrogen-bond acceptors (Lipinski definition) is 4. The average molecular weight is 215 g/mol. The molecule has 0 atom stereocenters. The van der Waals surface area contributed by atoms with Crippen LogP contribution < -0.4 is 0 Å². The summed E-state index contributed by atoms with van der Waals surface area (Å²) in [6, 6.07) is 4.16. The Morgan fingerprint density at radius 2 is 2.36 bits per heavy atom. The molecular formula is C10H17NO2S. The molecule has 0 saturated carbocycles. The summed E-state index contributed by atoms with van der Waals surface area (Å²) in [6.07, 6.45) is 0. The van der Waals surface area contributed by atoms with E-state index < -0.39 is 0 Å². The predicted octanol–water partition coefficient (Wildman–Crippen LogP) is 1.19. The third-order valence-corrected chi connectivity index (χ3v) is 2.85. The van der Waals surface area contributed by atoms with Gasteiger partial charge in [0.15, 0.2) is 0 Å². The summed E-state index contributed by atoms with van der Waals surface area (Å²) in [6.45, 7) is 3.40. The lowest BCUT2D eigenvalue weighted by atomic mass is 10.4. The molecule has 1 N–H and O–H groups in total. The lowest BCUT2D eigenvalue weighted by molar-refractivity contribution is 0.127. The molecule has 1 heterocycles. The first-order chi connectivity index (χ1) is 6.86. The Labute approximate surface area is 88.9 Å². The van der Waals surface area contributed by atoms with Crippen LogP contribution in [0.2, 0.25) is 0 Å². The molecule has 0 aliphatic rings. The van der Waals surface area contributed by atoms with Crippen LogP contribution in [0, 0.1) is 0 Å². The Morgan fingerprint density at radius 1 is 1.50 bits per heavy atom. The van der Waals surface area contributed by atoms with Crippen LogP contribution in [-0.2, 0) is 11.3 Å². The van der Waals surface area contributed by atoms with Crippen molar-refractivity contribution < 1.29 is 9.84 Å². The second-order valence-corrected chi connectivity index (χ2v) is 4.10. The van der Waals surface area contributed by atoms with Gasteiger partial charge in [0, 0.05) is 31.6 Å². The lowest BCUT2D eigenvalue weighted by Crippen LogP contribution is -2.29. The van der Waals surface area contributed by atoms with Gasteiger partial charge in [0.1, 0.15) is 0 Å². The van der Waals surface area contributed by atoms with Crippen molar-refractivity contribution in [2.75, 3.05) is 33.4 Å². The van der Waals surface area contributed by atoms with Gasteiger partial charge in [-0.15, -0.1) is 11.3 Å². The number of hydrogen-bond donors (Lipinski definition) is 1. The summed E-state index contributed by atoms with van der Waals surface area (Å²) in [5, 5.41) is 11.0. The second kappa shape index (κ2) is 6.95. The van der Waals surface area contributed by atoms with Crippen molar-refractivity contribution in [3.63, 3.8) is 0 Å². The van der Waals surface area contributed by atoms with Crippen LogP contribution in [0.15, 0.2) is 17.5 Å². The maximum Gasteiger partial charge on any atom is 0.0589 e. The number of ether oxygens (including phenoxy) is 1. The van der Waals surface area contributed by atoms with Crippen molar-refractivity contribution in [1.82, 2.24) is 4.90 Å². The molecule has 14 heavy (non-hydrogen) atoms.